The quantitative estimate of drug-likeness (QED) is 0.525. The van der Waals surface area contributed by atoms with Crippen molar-refractivity contribution in [1.29, 1.82) is 0 Å². The third-order valence-corrected chi connectivity index (χ3v) is 5.63. The van der Waals surface area contributed by atoms with Gasteiger partial charge in [0.15, 0.2) is 0 Å². The lowest BCUT2D eigenvalue weighted by Crippen LogP contribution is -2.16. The fourth-order valence-corrected chi connectivity index (χ4v) is 3.65. The average molecular weight is 428 g/mol. The minimum absolute atomic E-state index is 0.255. The van der Waals surface area contributed by atoms with Crippen molar-refractivity contribution in [2.45, 2.75) is 39.0 Å². The zero-order valence-electron chi connectivity index (χ0n) is 16.5. The average Bonchev–Trinajstić information content (AvgIpc) is 3.30. The third-order valence-electron chi connectivity index (χ3n) is 4.89. The molecule has 1 fully saturated rings. The molecule has 3 atom stereocenters. The molecule has 0 aliphatic heterocycles. The second-order valence-electron chi connectivity index (χ2n) is 7.14. The van der Waals surface area contributed by atoms with Crippen LogP contribution in [0.4, 0.5) is 20.9 Å². The van der Waals surface area contributed by atoms with Crippen LogP contribution in [0.1, 0.15) is 37.1 Å². The Morgan fingerprint density at radius 3 is 2.83 bits per heavy atom. The number of hydrogen-bond donors (Lipinski definition) is 3. The number of hydrogen-bond acceptors (Lipinski definition) is 8. The summed E-state index contributed by atoms with van der Waals surface area (Å²) in [5.74, 6) is -0.664. The molecule has 1 aliphatic rings. The van der Waals surface area contributed by atoms with E-state index in [2.05, 4.69) is 30.6 Å². The van der Waals surface area contributed by atoms with Crippen molar-refractivity contribution in [1.82, 2.24) is 19.9 Å². The molecule has 3 heterocycles. The number of aliphatic hydroxyl groups is 1. The normalized spacial score (nSPS) is 18.7. The van der Waals surface area contributed by atoms with Gasteiger partial charge in [0.05, 0.1) is 40.8 Å². The molecule has 1 amide bonds. The minimum Gasteiger partial charge on any atom is -0.387 e. The summed E-state index contributed by atoms with van der Waals surface area (Å²) in [6.45, 7) is 3.83. The maximum absolute atomic E-state index is 13.1. The Bertz CT molecular complexity index is 1070. The van der Waals surface area contributed by atoms with E-state index in [1.807, 2.05) is 19.9 Å². The van der Waals surface area contributed by atoms with Crippen LogP contribution in [0.5, 0.6) is 0 Å². The largest absolute Gasteiger partial charge is 0.387 e. The van der Waals surface area contributed by atoms with Crippen LogP contribution >= 0.6 is 11.3 Å². The first kappa shape index (κ1) is 20.3. The van der Waals surface area contributed by atoms with E-state index < -0.39 is 18.2 Å². The summed E-state index contributed by atoms with van der Waals surface area (Å²) in [7, 11) is 0. The predicted molar refractivity (Wildman–Crippen MR) is 112 cm³/mol. The summed E-state index contributed by atoms with van der Waals surface area (Å²) in [6, 6.07) is 3.46. The molecule has 10 heteroatoms. The number of alkyl halides is 1. The number of carbonyl (C=O) groups is 1. The van der Waals surface area contributed by atoms with Crippen molar-refractivity contribution in [3.05, 3.63) is 41.4 Å². The minimum atomic E-state index is -1.07. The number of nitrogens with zero attached hydrogens (tertiary/aromatic N) is 4. The number of aromatic nitrogens is 4. The van der Waals surface area contributed by atoms with Crippen molar-refractivity contribution in [3.8, 4) is 11.4 Å². The monoisotopic (exact) mass is 428 g/mol. The van der Waals surface area contributed by atoms with Crippen molar-refractivity contribution >= 4 is 33.8 Å². The van der Waals surface area contributed by atoms with Crippen LogP contribution < -0.4 is 10.6 Å². The van der Waals surface area contributed by atoms with Crippen LogP contribution in [-0.2, 0) is 4.79 Å². The number of aryl methyl sites for hydroxylation is 1. The molecular formula is C20H21FN6O2S. The zero-order chi connectivity index (χ0) is 21.3. The van der Waals surface area contributed by atoms with E-state index >= 15 is 0 Å². The molecule has 3 aromatic heterocycles. The van der Waals surface area contributed by atoms with Crippen molar-refractivity contribution in [2.75, 3.05) is 10.6 Å². The van der Waals surface area contributed by atoms with Crippen LogP contribution in [0.2, 0.25) is 0 Å². The highest BCUT2D eigenvalue weighted by Gasteiger charge is 2.43. The SMILES string of the molecule is CC[C@H](O)c1cc(C)c(Nc2scnc2-c2cc(NC(=O)[C@H]3C[C@H]3F)ncn2)cn1. The van der Waals surface area contributed by atoms with Crippen LogP contribution in [0, 0.1) is 12.8 Å². The van der Waals surface area contributed by atoms with E-state index in [-0.39, 0.29) is 12.3 Å². The summed E-state index contributed by atoms with van der Waals surface area (Å²) in [5.41, 5.74) is 5.18. The number of rotatable bonds is 7. The van der Waals surface area contributed by atoms with Crippen LogP contribution in [0.3, 0.4) is 0 Å². The molecular weight excluding hydrogens is 407 g/mol. The Morgan fingerprint density at radius 2 is 2.13 bits per heavy atom. The van der Waals surface area contributed by atoms with Gasteiger partial charge in [-0.3, -0.25) is 9.78 Å². The van der Waals surface area contributed by atoms with Crippen molar-refractivity contribution < 1.29 is 14.3 Å². The number of thiazole rings is 1. The molecule has 0 saturated heterocycles. The van der Waals surface area contributed by atoms with Gasteiger partial charge in [0.25, 0.3) is 0 Å². The molecule has 3 N–H and O–H groups in total. The van der Waals surface area contributed by atoms with E-state index in [0.717, 1.165) is 16.3 Å². The van der Waals surface area contributed by atoms with Gasteiger partial charge in [-0.1, -0.05) is 6.92 Å². The molecule has 0 spiro atoms. The molecule has 0 unspecified atom stereocenters. The molecule has 0 radical (unpaired) electrons. The lowest BCUT2D eigenvalue weighted by molar-refractivity contribution is -0.117. The summed E-state index contributed by atoms with van der Waals surface area (Å²) in [4.78, 5) is 29.0. The van der Waals surface area contributed by atoms with E-state index in [9.17, 15) is 14.3 Å². The highest BCUT2D eigenvalue weighted by Crippen LogP contribution is 2.36. The van der Waals surface area contributed by atoms with Gasteiger partial charge < -0.3 is 15.7 Å². The fraction of sp³-hybridized carbons (Fsp3) is 0.350. The first-order valence-electron chi connectivity index (χ1n) is 9.58. The first-order valence-corrected chi connectivity index (χ1v) is 10.5. The number of anilines is 3. The van der Waals surface area contributed by atoms with Crippen LogP contribution in [0.15, 0.2) is 30.2 Å². The summed E-state index contributed by atoms with van der Waals surface area (Å²) < 4.78 is 13.1. The molecule has 8 nitrogen and oxygen atoms in total. The number of aliphatic hydroxyl groups excluding tert-OH is 1. The number of pyridine rings is 1. The second-order valence-corrected chi connectivity index (χ2v) is 7.99. The van der Waals surface area contributed by atoms with Crippen molar-refractivity contribution in [2.24, 2.45) is 5.92 Å². The van der Waals surface area contributed by atoms with Gasteiger partial charge in [0, 0.05) is 6.07 Å². The molecule has 0 aromatic carbocycles. The number of amides is 1. The Labute approximate surface area is 176 Å². The summed E-state index contributed by atoms with van der Waals surface area (Å²) in [5, 5.41) is 16.7. The Hall–Kier alpha value is -2.98. The smallest absolute Gasteiger partial charge is 0.231 e. The number of nitrogens with one attached hydrogen (secondary N) is 2. The number of halogens is 1. The van der Waals surface area contributed by atoms with E-state index in [0.29, 0.717) is 29.3 Å². The second kappa shape index (κ2) is 8.41. The standard InChI is InChI=1S/C20H21FN6O2S/c1-3-16(28)13-4-10(2)15(7-22-13)26-20-18(25-9-30-20)14-6-17(24-8-23-14)27-19(29)11-5-12(11)21/h4,6-9,11-12,16,26,28H,3,5H2,1-2H3,(H,23,24,27,29)/t11-,12+,16-/m0/s1. The first-order chi connectivity index (χ1) is 14.5. The van der Waals surface area contributed by atoms with Gasteiger partial charge in [0.1, 0.15) is 29.0 Å². The Balaban J connectivity index is 1.54. The summed E-state index contributed by atoms with van der Waals surface area (Å²) >= 11 is 1.40. The van der Waals surface area contributed by atoms with Gasteiger partial charge in [-0.25, -0.2) is 19.3 Å². The van der Waals surface area contributed by atoms with E-state index in [1.165, 1.54) is 17.7 Å². The topological polar surface area (TPSA) is 113 Å². The van der Waals surface area contributed by atoms with Crippen LogP contribution in [-0.4, -0.2) is 37.1 Å². The van der Waals surface area contributed by atoms with Crippen molar-refractivity contribution in [3.63, 3.8) is 0 Å². The number of carbonyl (C=O) groups excluding carboxylic acids is 1. The Kier molecular flexibility index (Phi) is 5.69. The molecule has 156 valence electrons. The molecule has 1 saturated carbocycles. The highest BCUT2D eigenvalue weighted by molar-refractivity contribution is 7.14. The third kappa shape index (κ3) is 4.29. The Morgan fingerprint density at radius 1 is 1.33 bits per heavy atom. The van der Waals surface area contributed by atoms with Crippen LogP contribution in [0.25, 0.3) is 11.4 Å². The maximum atomic E-state index is 13.1. The van der Waals surface area contributed by atoms with E-state index in [1.54, 1.807) is 17.8 Å². The van der Waals surface area contributed by atoms with Gasteiger partial charge >= 0.3 is 0 Å². The van der Waals surface area contributed by atoms with Gasteiger partial charge in [0.2, 0.25) is 5.91 Å². The van der Waals surface area contributed by atoms with Gasteiger partial charge in [-0.15, -0.1) is 11.3 Å². The fourth-order valence-electron chi connectivity index (χ4n) is 2.95. The van der Waals surface area contributed by atoms with Gasteiger partial charge in [-0.2, -0.15) is 0 Å². The maximum Gasteiger partial charge on any atom is 0.231 e. The molecule has 3 aromatic rings. The lowest BCUT2D eigenvalue weighted by atomic mass is 10.1. The molecule has 4 rings (SSSR count). The lowest BCUT2D eigenvalue weighted by Gasteiger charge is -2.12. The predicted octanol–water partition coefficient (Wildman–Crippen LogP) is 3.79. The molecule has 0 bridgehead atoms. The molecule has 30 heavy (non-hydrogen) atoms. The highest BCUT2D eigenvalue weighted by atomic mass is 32.1. The zero-order valence-corrected chi connectivity index (χ0v) is 17.3. The summed E-state index contributed by atoms with van der Waals surface area (Å²) in [6.07, 6.45) is 2.21. The van der Waals surface area contributed by atoms with E-state index in [4.69, 9.17) is 0 Å². The molecule has 1 aliphatic carbocycles. The van der Waals surface area contributed by atoms with Gasteiger partial charge in [-0.05, 0) is 31.4 Å².